The van der Waals surface area contributed by atoms with Crippen LogP contribution in [0.2, 0.25) is 0 Å². The van der Waals surface area contributed by atoms with Gasteiger partial charge < -0.3 is 14.2 Å². The minimum absolute atomic E-state index is 0.377. The van der Waals surface area contributed by atoms with Gasteiger partial charge in [0.2, 0.25) is 0 Å². The van der Waals surface area contributed by atoms with Gasteiger partial charge in [-0.15, -0.1) is 0 Å². The highest BCUT2D eigenvalue weighted by atomic mass is 31.1. The number of methoxy groups -OCH3 is 3. The van der Waals surface area contributed by atoms with Crippen LogP contribution in [0.5, 0.6) is 17.2 Å². The molecule has 87 heavy (non-hydrogen) atoms. The van der Waals surface area contributed by atoms with E-state index in [2.05, 4.69) is 232 Å². The van der Waals surface area contributed by atoms with Crippen LogP contribution in [0.25, 0.3) is 44.5 Å². The normalized spacial score (nSPS) is 15.2. The lowest BCUT2D eigenvalue weighted by Crippen LogP contribution is -2.24. The summed E-state index contributed by atoms with van der Waals surface area (Å²) < 4.78 is 18.2. The van der Waals surface area contributed by atoms with Crippen molar-refractivity contribution in [1.29, 1.82) is 0 Å². The summed E-state index contributed by atoms with van der Waals surface area (Å²) in [5.74, 6) is 2.84. The molecule has 4 aliphatic rings. The third kappa shape index (κ3) is 10.8. The molecular weight excluding hydrogens is 1130 g/mol. The Kier molecular flexibility index (Phi) is 16.8. The summed E-state index contributed by atoms with van der Waals surface area (Å²) in [6, 6.07) is 64.6. The molecule has 0 N–H and O–H groups in total. The molecule has 10 aromatic rings. The molecule has 0 amide bonds. The Hall–Kier alpha value is -6.68. The van der Waals surface area contributed by atoms with E-state index in [0.29, 0.717) is 0 Å². The molecule has 14 rings (SSSR count). The molecule has 0 spiro atoms. The van der Waals surface area contributed by atoms with E-state index in [1.807, 2.05) is 7.11 Å². The number of ether oxygens (including phenoxy) is 3. The topological polar surface area (TPSA) is 27.7 Å². The van der Waals surface area contributed by atoms with Crippen molar-refractivity contribution in [2.45, 2.75) is 112 Å². The summed E-state index contributed by atoms with van der Waals surface area (Å²) in [5, 5.41) is 6.38. The van der Waals surface area contributed by atoms with Gasteiger partial charge in [-0.3, -0.25) is 0 Å². The first kappa shape index (κ1) is 59.3. The Morgan fingerprint density at radius 2 is 0.448 bits per heavy atom. The molecule has 0 radical (unpaired) electrons. The van der Waals surface area contributed by atoms with Crippen molar-refractivity contribution in [3.05, 3.63) is 264 Å². The van der Waals surface area contributed by atoms with Gasteiger partial charge in [-0.25, -0.2) is 0 Å². The van der Waals surface area contributed by atoms with E-state index in [1.54, 1.807) is 35.4 Å². The van der Waals surface area contributed by atoms with Gasteiger partial charge in [-0.1, -0.05) is 183 Å². The molecule has 10 aromatic carbocycles. The lowest BCUT2D eigenvalue weighted by atomic mass is 9.88. The fraction of sp³-hybridized carbons (Fsp3) is 0.250. The molecule has 0 aromatic heterocycles. The van der Waals surface area contributed by atoms with Gasteiger partial charge in [0.05, 0.1) is 21.3 Å². The Bertz CT molecular complexity index is 4050. The van der Waals surface area contributed by atoms with E-state index in [0.717, 1.165) is 66.5 Å². The lowest BCUT2D eigenvalue weighted by molar-refractivity contribution is 0.409. The molecule has 1 atom stereocenters. The summed E-state index contributed by atoms with van der Waals surface area (Å²) in [6.45, 7) is 20.5. The number of benzene rings is 10. The largest absolute Gasteiger partial charge is 0.496 e. The third-order valence-corrected chi connectivity index (χ3v) is 29.7. The Morgan fingerprint density at radius 3 is 0.736 bits per heavy atom. The van der Waals surface area contributed by atoms with Gasteiger partial charge in [0.15, 0.2) is 0 Å². The maximum absolute atomic E-state index is 6.07. The predicted octanol–water partition coefficient (Wildman–Crippen LogP) is 20.1. The Balaban J connectivity index is 0.000000163. The van der Waals surface area contributed by atoms with E-state index in [4.69, 9.17) is 14.2 Å². The van der Waals surface area contributed by atoms with Crippen LogP contribution >= 0.6 is 31.7 Å². The van der Waals surface area contributed by atoms with Crippen LogP contribution in [0.3, 0.4) is 0 Å². The van der Waals surface area contributed by atoms with Gasteiger partial charge in [0.25, 0.3) is 0 Å². The average molecular weight is 1210 g/mol. The molecule has 0 bridgehead atoms. The number of fused-ring (bicyclic) bond motifs is 12. The molecule has 1 unspecified atom stereocenters. The highest BCUT2D eigenvalue weighted by Crippen LogP contribution is 2.60. The second kappa shape index (κ2) is 24.7. The lowest BCUT2D eigenvalue weighted by Gasteiger charge is -2.27. The van der Waals surface area contributed by atoms with Crippen molar-refractivity contribution < 1.29 is 14.2 Å². The van der Waals surface area contributed by atoms with Crippen LogP contribution in [-0.2, 0) is 49.3 Å². The SMILES string of the molecule is COc1ccc(C)c2c1-c1c(C)ccc(C)c1CP(c1ccccc1P1Cc3c(C)ccc(OC)c3-c3c(OC)ccc(C)c3C1)C2.Cc1cccc2c1-c1c(C)cccc1CP(c1ccccc1P1Cc3cccc(C)c3-c3c(C)cccc3C1)C2. The van der Waals surface area contributed by atoms with Crippen LogP contribution in [0, 0.1) is 62.3 Å². The van der Waals surface area contributed by atoms with Gasteiger partial charge in [-0.05, 0) is 273 Å². The van der Waals surface area contributed by atoms with Crippen molar-refractivity contribution in [3.8, 4) is 61.8 Å². The minimum atomic E-state index is -0.573. The molecule has 4 heterocycles. The van der Waals surface area contributed by atoms with Crippen LogP contribution < -0.4 is 35.4 Å². The molecule has 0 fully saturated rings. The van der Waals surface area contributed by atoms with Crippen molar-refractivity contribution >= 4 is 52.9 Å². The first-order valence-corrected chi connectivity index (χ1v) is 37.7. The van der Waals surface area contributed by atoms with E-state index in [9.17, 15) is 0 Å². The summed E-state index contributed by atoms with van der Waals surface area (Å²) in [5.41, 5.74) is 35.3. The van der Waals surface area contributed by atoms with Crippen molar-refractivity contribution in [1.82, 2.24) is 0 Å². The monoisotopic (exact) mass is 1210 g/mol. The zero-order valence-corrected chi connectivity index (χ0v) is 56.4. The molecule has 4 aliphatic heterocycles. The first-order chi connectivity index (χ1) is 42.2. The number of hydrogen-bond donors (Lipinski definition) is 0. The Labute approximate surface area is 523 Å². The molecule has 0 saturated heterocycles. The molecule has 438 valence electrons. The summed E-state index contributed by atoms with van der Waals surface area (Å²) >= 11 is 0. The smallest absolute Gasteiger partial charge is 0.127 e. The highest BCUT2D eigenvalue weighted by Gasteiger charge is 2.35. The summed E-state index contributed by atoms with van der Waals surface area (Å²) in [6.07, 6.45) is 8.79. The van der Waals surface area contributed by atoms with Crippen LogP contribution in [0.1, 0.15) is 94.6 Å². The maximum Gasteiger partial charge on any atom is 0.127 e. The molecule has 3 nitrogen and oxygen atoms in total. The summed E-state index contributed by atoms with van der Waals surface area (Å²) in [4.78, 5) is 0. The predicted molar refractivity (Wildman–Crippen MR) is 379 cm³/mol. The van der Waals surface area contributed by atoms with Gasteiger partial charge in [-0.2, -0.15) is 0 Å². The van der Waals surface area contributed by atoms with Crippen molar-refractivity contribution in [2.75, 3.05) is 21.3 Å². The van der Waals surface area contributed by atoms with E-state index in [-0.39, 0.29) is 15.8 Å². The van der Waals surface area contributed by atoms with Crippen molar-refractivity contribution in [3.63, 3.8) is 0 Å². The molecule has 0 aliphatic carbocycles. The average Bonchev–Trinajstić information content (AvgIpc) is 1.76. The van der Waals surface area contributed by atoms with Crippen LogP contribution in [0.15, 0.2) is 170 Å². The molecular formula is C80H80O3P4. The third-order valence-electron chi connectivity index (χ3n) is 19.3. The van der Waals surface area contributed by atoms with Gasteiger partial charge in [0, 0.05) is 16.7 Å². The van der Waals surface area contributed by atoms with E-state index in [1.165, 1.54) is 139 Å². The first-order valence-electron chi connectivity index (χ1n) is 30.9. The highest BCUT2D eigenvalue weighted by molar-refractivity contribution is 7.71. The molecule has 0 saturated carbocycles. The Morgan fingerprint density at radius 1 is 0.218 bits per heavy atom. The summed E-state index contributed by atoms with van der Waals surface area (Å²) in [7, 11) is 3.54. The zero-order valence-electron chi connectivity index (χ0n) is 52.8. The van der Waals surface area contributed by atoms with E-state index >= 15 is 0 Å². The second-order valence-corrected chi connectivity index (χ2v) is 33.5. The zero-order chi connectivity index (χ0) is 60.4. The number of hydrogen-bond acceptors (Lipinski definition) is 3. The minimum Gasteiger partial charge on any atom is -0.496 e. The number of aryl methyl sites for hydroxylation is 9. The maximum atomic E-state index is 6.07. The standard InChI is InChI=1S/C42H44O3P2.C38H36P2/c1-25-13-14-29(5)39-30(25)21-46(22-31-26(2)15-18-34(43-6)40(31)39)37-11-9-10-12-38(37)47-23-32-27(3)16-19-35(44-7)41(32)42-33(24-47)28(4)17-20-36(42)45-8;1-25-11-7-15-29-21-39(22-30-16-8-12-26(2)36(30)35(25)29)33-19-5-6-20-34(33)40-23-31-17-9-13-27(3)37(31)38-28(4)14-10-18-32(38)24-40/h9-20H,21-24H2,1-8H3;5-20H,21-24H2,1-4H3. The van der Waals surface area contributed by atoms with Gasteiger partial charge >= 0.3 is 0 Å². The van der Waals surface area contributed by atoms with Crippen molar-refractivity contribution in [2.24, 2.45) is 0 Å². The van der Waals surface area contributed by atoms with Crippen LogP contribution in [0.4, 0.5) is 0 Å². The second-order valence-electron chi connectivity index (χ2n) is 24.7. The van der Waals surface area contributed by atoms with Crippen LogP contribution in [-0.4, -0.2) is 21.3 Å². The van der Waals surface area contributed by atoms with E-state index < -0.39 is 15.8 Å². The van der Waals surface area contributed by atoms with Gasteiger partial charge in [0.1, 0.15) is 17.2 Å². The quantitative estimate of drug-likeness (QED) is 0.149. The fourth-order valence-corrected chi connectivity index (χ4v) is 27.1. The number of rotatable bonds is 7. The fourth-order valence-electron chi connectivity index (χ4n) is 14.9. The molecule has 7 heteroatoms.